The summed E-state index contributed by atoms with van der Waals surface area (Å²) < 4.78 is 5.94. The van der Waals surface area contributed by atoms with Crippen molar-refractivity contribution in [3.63, 3.8) is 0 Å². The van der Waals surface area contributed by atoms with Gasteiger partial charge in [-0.15, -0.1) is 0 Å². The van der Waals surface area contributed by atoms with E-state index < -0.39 is 11.4 Å². The molecule has 0 fully saturated rings. The predicted octanol–water partition coefficient (Wildman–Crippen LogP) is 17.9. The van der Waals surface area contributed by atoms with Crippen LogP contribution >= 0.6 is 0 Å². The maximum Gasteiger partial charge on any atom is 0.339 e. The van der Waals surface area contributed by atoms with E-state index in [1.807, 2.05) is 12.1 Å². The Morgan fingerprint density at radius 2 is 1.19 bits per heavy atom. The van der Waals surface area contributed by atoms with Gasteiger partial charge in [0.1, 0.15) is 5.75 Å². The van der Waals surface area contributed by atoms with Gasteiger partial charge in [-0.1, -0.05) is 190 Å². The highest BCUT2D eigenvalue weighted by Gasteiger charge is 2.43. The minimum Gasteiger partial charge on any atom is -0.512 e. The Kier molecular flexibility index (Phi) is 11.0. The number of aliphatic hydroxyl groups is 1. The molecule has 0 saturated carbocycles. The highest BCUT2D eigenvalue weighted by molar-refractivity contribution is 5.93. The van der Waals surface area contributed by atoms with Crippen molar-refractivity contribution in [3.05, 3.63) is 251 Å². The molecular formula is C70H64O3. The third-order valence-corrected chi connectivity index (χ3v) is 16.8. The topological polar surface area (TPSA) is 46.5 Å². The third-order valence-electron chi connectivity index (χ3n) is 16.8. The summed E-state index contributed by atoms with van der Waals surface area (Å²) in [6.07, 6.45) is 17.7. The first-order chi connectivity index (χ1) is 34.6. The van der Waals surface area contributed by atoms with Gasteiger partial charge >= 0.3 is 5.97 Å². The first-order valence-electron chi connectivity index (χ1n) is 25.7. The Balaban J connectivity index is 0.904. The molecule has 0 heterocycles. The van der Waals surface area contributed by atoms with Gasteiger partial charge in [-0.3, -0.25) is 0 Å². The average Bonchev–Trinajstić information content (AvgIpc) is 3.93. The summed E-state index contributed by atoms with van der Waals surface area (Å²) in [5.74, 6) is 0.133. The summed E-state index contributed by atoms with van der Waals surface area (Å²) in [5.41, 5.74) is 24.7. The van der Waals surface area contributed by atoms with Crippen molar-refractivity contribution in [2.45, 2.75) is 90.4 Å². The summed E-state index contributed by atoms with van der Waals surface area (Å²) in [6, 6.07) is 42.0. The maximum atomic E-state index is 13.1. The fourth-order valence-electron chi connectivity index (χ4n) is 12.7. The molecule has 1 unspecified atom stereocenters. The second-order valence-corrected chi connectivity index (χ2v) is 23.1. The summed E-state index contributed by atoms with van der Waals surface area (Å²) >= 11 is 0. The molecule has 1 atom stereocenters. The van der Waals surface area contributed by atoms with Gasteiger partial charge in [0.05, 0.1) is 11.8 Å². The molecule has 0 aromatic heterocycles. The van der Waals surface area contributed by atoms with Crippen LogP contribution in [0.1, 0.15) is 113 Å². The van der Waals surface area contributed by atoms with E-state index in [9.17, 15) is 9.90 Å². The van der Waals surface area contributed by atoms with Crippen molar-refractivity contribution in [3.8, 4) is 50.3 Å². The normalized spacial score (nSPS) is 19.4. The first kappa shape index (κ1) is 47.6. The van der Waals surface area contributed by atoms with Gasteiger partial charge in [0.25, 0.3) is 0 Å². The number of hydrogen-bond acceptors (Lipinski definition) is 3. The SMILES string of the molecule is C=C(/C=C\C1=CC(C)(C)c2ccccc21)C(=C)/C=C1\C(=C)c2ccc(-c3cc(OC(=O)/C=C(/C)O)cc(-c4ccc5c(c4)C(C)(C)c4cc(-c6ccc7c(c6)C(C)(C)C6CC=CC=C76)ccc4-5)c3)cc2C1(C)C. The lowest BCUT2D eigenvalue weighted by molar-refractivity contribution is -0.129. The lowest BCUT2D eigenvalue weighted by atomic mass is 9.74. The molecule has 3 nitrogen and oxygen atoms in total. The van der Waals surface area contributed by atoms with Crippen LogP contribution in [0.2, 0.25) is 0 Å². The van der Waals surface area contributed by atoms with Crippen molar-refractivity contribution in [2.24, 2.45) is 5.92 Å². The summed E-state index contributed by atoms with van der Waals surface area (Å²) in [6.45, 7) is 33.4. The molecule has 0 saturated heterocycles. The zero-order valence-electron chi connectivity index (χ0n) is 43.8. The fraction of sp³-hybridized carbons (Fsp3) is 0.214. The molecule has 5 aliphatic rings. The summed E-state index contributed by atoms with van der Waals surface area (Å²) in [4.78, 5) is 13.1. The van der Waals surface area contributed by atoms with Gasteiger partial charge in [-0.2, -0.15) is 0 Å². The molecule has 0 aliphatic heterocycles. The Morgan fingerprint density at radius 3 is 1.82 bits per heavy atom. The second kappa shape index (κ2) is 16.9. The van der Waals surface area contributed by atoms with Gasteiger partial charge in [-0.05, 0) is 190 Å². The number of carbonyl (C=O) groups excluding carboxylic acids is 1. The first-order valence-corrected chi connectivity index (χ1v) is 25.7. The van der Waals surface area contributed by atoms with Crippen LogP contribution in [-0.4, -0.2) is 11.1 Å². The van der Waals surface area contributed by atoms with E-state index in [4.69, 9.17) is 4.74 Å². The lowest BCUT2D eigenvalue weighted by Crippen LogP contribution is -2.23. The largest absolute Gasteiger partial charge is 0.512 e. The number of fused-ring (bicyclic) bond motifs is 8. The Hall–Kier alpha value is -7.75. The molecule has 73 heavy (non-hydrogen) atoms. The molecule has 362 valence electrons. The Labute approximate surface area is 432 Å². The molecule has 5 aliphatic carbocycles. The molecule has 0 amide bonds. The molecule has 0 bridgehead atoms. The van der Waals surface area contributed by atoms with Crippen LogP contribution in [0, 0.1) is 5.92 Å². The van der Waals surface area contributed by atoms with Crippen LogP contribution in [0.25, 0.3) is 61.2 Å². The number of rotatable bonds is 9. The number of allylic oxidation sites excluding steroid dienone is 14. The highest BCUT2D eigenvalue weighted by Crippen LogP contribution is 2.56. The van der Waals surface area contributed by atoms with Crippen LogP contribution in [-0.2, 0) is 26.5 Å². The van der Waals surface area contributed by atoms with E-state index in [0.717, 1.165) is 68.2 Å². The molecule has 11 rings (SSSR count). The van der Waals surface area contributed by atoms with Crippen LogP contribution in [0.3, 0.4) is 0 Å². The third kappa shape index (κ3) is 7.84. The van der Waals surface area contributed by atoms with Crippen molar-refractivity contribution >= 4 is 22.7 Å². The van der Waals surface area contributed by atoms with Gasteiger partial charge in [0, 0.05) is 16.2 Å². The van der Waals surface area contributed by atoms with Crippen molar-refractivity contribution in [1.82, 2.24) is 0 Å². The van der Waals surface area contributed by atoms with E-state index in [1.54, 1.807) is 0 Å². The highest BCUT2D eigenvalue weighted by atomic mass is 16.5. The predicted molar refractivity (Wildman–Crippen MR) is 306 cm³/mol. The number of ether oxygens (including phenoxy) is 1. The van der Waals surface area contributed by atoms with Gasteiger partial charge in [0.2, 0.25) is 0 Å². The van der Waals surface area contributed by atoms with Crippen molar-refractivity contribution in [1.29, 1.82) is 0 Å². The van der Waals surface area contributed by atoms with E-state index >= 15 is 0 Å². The molecule has 3 heteroatoms. The molecule has 0 radical (unpaired) electrons. The maximum absolute atomic E-state index is 13.1. The zero-order valence-corrected chi connectivity index (χ0v) is 43.8. The minimum atomic E-state index is -0.643. The molecular weight excluding hydrogens is 889 g/mol. The standard InChI is InChI=1S/C70H64O3/c1-41(21-22-49-40-67(5,6)59-19-15-13-17-54(49)59)42(2)31-61-44(4)53-27-23-47(38-62(53)69(61,9)10)50-33-51(35-52(34-50)73-66(72)32-43(3)71)48-26-30-58-57-29-25-46(37-64(57)70(11,12)65(58)39-48)45-24-28-56-55-18-14-16-20-60(55)68(7,8)63(56)36-45/h13-19,21-40,60,71H,1-2,4,20H2,3,5-12H3/b22-21-,43-32-,61-31+. The average molecular weight is 953 g/mol. The second-order valence-electron chi connectivity index (χ2n) is 23.1. The minimum absolute atomic E-state index is 0.0355. The summed E-state index contributed by atoms with van der Waals surface area (Å²) in [7, 11) is 0. The number of hydrogen-bond donors (Lipinski definition) is 1. The van der Waals surface area contributed by atoms with Crippen LogP contribution in [0.4, 0.5) is 0 Å². The van der Waals surface area contributed by atoms with E-state index in [-0.39, 0.29) is 22.0 Å². The molecule has 1 N–H and O–H groups in total. The number of carbonyl (C=O) groups is 1. The quantitative estimate of drug-likeness (QED) is 0.0516. The smallest absolute Gasteiger partial charge is 0.339 e. The number of aliphatic hydroxyl groups excluding tert-OH is 1. The molecule has 6 aromatic carbocycles. The monoisotopic (exact) mass is 952 g/mol. The van der Waals surface area contributed by atoms with E-state index in [0.29, 0.717) is 11.7 Å². The van der Waals surface area contributed by atoms with Crippen LogP contribution in [0.15, 0.2) is 206 Å². The molecule has 6 aromatic rings. The van der Waals surface area contributed by atoms with Crippen LogP contribution in [0.5, 0.6) is 5.75 Å². The van der Waals surface area contributed by atoms with E-state index in [2.05, 4.69) is 221 Å². The fourth-order valence-corrected chi connectivity index (χ4v) is 12.7. The van der Waals surface area contributed by atoms with Gasteiger partial charge in [-0.25, -0.2) is 4.79 Å². The van der Waals surface area contributed by atoms with Gasteiger partial charge in [0.15, 0.2) is 0 Å². The zero-order chi connectivity index (χ0) is 51.5. The van der Waals surface area contributed by atoms with Crippen molar-refractivity contribution in [2.75, 3.05) is 0 Å². The number of esters is 1. The Bertz CT molecular complexity index is 3650. The van der Waals surface area contributed by atoms with Crippen LogP contribution < -0.4 is 4.74 Å². The van der Waals surface area contributed by atoms with Crippen molar-refractivity contribution < 1.29 is 14.6 Å². The number of benzene rings is 6. The summed E-state index contributed by atoms with van der Waals surface area (Å²) in [5, 5.41) is 9.97. The van der Waals surface area contributed by atoms with Gasteiger partial charge < -0.3 is 9.84 Å². The Morgan fingerprint density at radius 1 is 0.630 bits per heavy atom. The molecule has 0 spiro atoms. The lowest BCUT2D eigenvalue weighted by Gasteiger charge is -2.29. The van der Waals surface area contributed by atoms with E-state index in [1.165, 1.54) is 73.7 Å².